The van der Waals surface area contributed by atoms with E-state index in [2.05, 4.69) is 22.2 Å². The Hall–Kier alpha value is -1.00. The number of rotatable bonds is 3. The van der Waals surface area contributed by atoms with E-state index < -0.39 is 0 Å². The molecule has 5 heteroatoms. The summed E-state index contributed by atoms with van der Waals surface area (Å²) in [7, 11) is 2.17. The summed E-state index contributed by atoms with van der Waals surface area (Å²) in [6.07, 6.45) is 5.46. The molecule has 4 nitrogen and oxygen atoms in total. The van der Waals surface area contributed by atoms with E-state index in [1.165, 1.54) is 25.8 Å². The molecule has 0 radical (unpaired) electrons. The number of likely N-dealkylation sites (tertiary alicyclic amines) is 1. The van der Waals surface area contributed by atoms with Gasteiger partial charge in [0.25, 0.3) is 0 Å². The molecule has 1 aliphatic heterocycles. The first-order valence-corrected chi connectivity index (χ1v) is 6.40. The second-order valence-electron chi connectivity index (χ2n) is 4.61. The summed E-state index contributed by atoms with van der Waals surface area (Å²) < 4.78 is 0. The lowest BCUT2D eigenvalue weighted by Crippen LogP contribution is -2.40. The molecule has 0 aliphatic carbocycles. The van der Waals surface area contributed by atoms with Gasteiger partial charge in [-0.25, -0.2) is 4.98 Å². The molecule has 0 aromatic carbocycles. The van der Waals surface area contributed by atoms with Crippen LogP contribution in [-0.2, 0) is 0 Å². The normalized spacial score (nSPS) is 21.4. The van der Waals surface area contributed by atoms with Crippen molar-refractivity contribution in [3.8, 4) is 0 Å². The van der Waals surface area contributed by atoms with Gasteiger partial charge in [-0.05, 0) is 32.5 Å². The van der Waals surface area contributed by atoms with Crippen LogP contribution in [-0.4, -0.2) is 36.1 Å². The van der Waals surface area contributed by atoms with Crippen LogP contribution in [0.2, 0.25) is 5.02 Å². The van der Waals surface area contributed by atoms with Crippen molar-refractivity contribution in [3.05, 3.63) is 17.3 Å². The van der Waals surface area contributed by atoms with Gasteiger partial charge in [-0.1, -0.05) is 18.0 Å². The lowest BCUT2D eigenvalue weighted by atomic mass is 10.0. The van der Waals surface area contributed by atoms with Gasteiger partial charge in [-0.15, -0.1) is 0 Å². The SMILES string of the molecule is CN1CCCCC1CNc1ncc(N)cc1Cl. The molecular weight excluding hydrogens is 236 g/mol. The third kappa shape index (κ3) is 3.23. The number of pyridine rings is 1. The summed E-state index contributed by atoms with van der Waals surface area (Å²) in [6, 6.07) is 2.29. The van der Waals surface area contributed by atoms with Gasteiger partial charge in [0.1, 0.15) is 5.82 Å². The fourth-order valence-electron chi connectivity index (χ4n) is 2.20. The summed E-state index contributed by atoms with van der Waals surface area (Å²) in [4.78, 5) is 6.59. The number of likely N-dealkylation sites (N-methyl/N-ethyl adjacent to an activating group) is 1. The van der Waals surface area contributed by atoms with Crippen molar-refractivity contribution in [3.63, 3.8) is 0 Å². The maximum Gasteiger partial charge on any atom is 0.144 e. The number of nitrogen functional groups attached to an aromatic ring is 1. The predicted octanol–water partition coefficient (Wildman–Crippen LogP) is 2.21. The quantitative estimate of drug-likeness (QED) is 0.869. The van der Waals surface area contributed by atoms with E-state index in [0.29, 0.717) is 16.8 Å². The van der Waals surface area contributed by atoms with Gasteiger partial charge < -0.3 is 16.0 Å². The van der Waals surface area contributed by atoms with Crippen LogP contribution in [0, 0.1) is 0 Å². The zero-order valence-corrected chi connectivity index (χ0v) is 10.9. The van der Waals surface area contributed by atoms with Crippen LogP contribution >= 0.6 is 11.6 Å². The van der Waals surface area contributed by atoms with Crippen molar-refractivity contribution in [2.75, 3.05) is 31.2 Å². The molecule has 1 unspecified atom stereocenters. The number of hydrogen-bond acceptors (Lipinski definition) is 4. The third-order valence-electron chi connectivity index (χ3n) is 3.29. The van der Waals surface area contributed by atoms with E-state index in [9.17, 15) is 0 Å². The minimum atomic E-state index is 0.569. The van der Waals surface area contributed by atoms with Gasteiger partial charge >= 0.3 is 0 Å². The van der Waals surface area contributed by atoms with Gasteiger partial charge in [0.15, 0.2) is 0 Å². The van der Waals surface area contributed by atoms with Crippen LogP contribution in [0.1, 0.15) is 19.3 Å². The lowest BCUT2D eigenvalue weighted by Gasteiger charge is -2.32. The summed E-state index contributed by atoms with van der Waals surface area (Å²) in [5, 5.41) is 3.89. The first-order valence-electron chi connectivity index (χ1n) is 6.02. The highest BCUT2D eigenvalue weighted by molar-refractivity contribution is 6.33. The van der Waals surface area contributed by atoms with Crippen molar-refractivity contribution in [2.45, 2.75) is 25.3 Å². The highest BCUT2D eigenvalue weighted by atomic mass is 35.5. The molecule has 3 N–H and O–H groups in total. The van der Waals surface area contributed by atoms with Crippen LogP contribution in [0.4, 0.5) is 11.5 Å². The average molecular weight is 255 g/mol. The molecule has 0 bridgehead atoms. The van der Waals surface area contributed by atoms with Crippen LogP contribution in [0.5, 0.6) is 0 Å². The lowest BCUT2D eigenvalue weighted by molar-refractivity contribution is 0.194. The molecular formula is C12H19ClN4. The third-order valence-corrected chi connectivity index (χ3v) is 3.58. The number of nitrogens with zero attached hydrogens (tertiary/aromatic N) is 2. The average Bonchev–Trinajstić information content (AvgIpc) is 2.30. The smallest absolute Gasteiger partial charge is 0.144 e. The molecule has 1 aromatic heterocycles. The van der Waals surface area contributed by atoms with Crippen LogP contribution < -0.4 is 11.1 Å². The highest BCUT2D eigenvalue weighted by Gasteiger charge is 2.18. The molecule has 0 spiro atoms. The van der Waals surface area contributed by atoms with E-state index in [0.717, 1.165) is 12.4 Å². The largest absolute Gasteiger partial charge is 0.397 e. The predicted molar refractivity (Wildman–Crippen MR) is 72.4 cm³/mol. The topological polar surface area (TPSA) is 54.2 Å². The number of nitrogens with one attached hydrogen (secondary N) is 1. The fraction of sp³-hybridized carbons (Fsp3) is 0.583. The molecule has 0 saturated carbocycles. The van der Waals surface area contributed by atoms with E-state index in [-0.39, 0.29) is 0 Å². The first kappa shape index (κ1) is 12.5. The number of nitrogens with two attached hydrogens (primary N) is 1. The highest BCUT2D eigenvalue weighted by Crippen LogP contribution is 2.22. The fourth-order valence-corrected chi connectivity index (χ4v) is 2.44. The maximum absolute atomic E-state index is 6.06. The minimum absolute atomic E-state index is 0.569. The molecule has 2 heterocycles. The van der Waals surface area contributed by atoms with Gasteiger partial charge in [0.2, 0.25) is 0 Å². The standard InChI is InChI=1S/C12H19ClN4/c1-17-5-3-2-4-10(17)8-16-12-11(13)6-9(14)7-15-12/h6-7,10H,2-5,8,14H2,1H3,(H,15,16). The van der Waals surface area contributed by atoms with E-state index in [4.69, 9.17) is 17.3 Å². The molecule has 1 saturated heterocycles. The van der Waals surface area contributed by atoms with Crippen LogP contribution in [0.15, 0.2) is 12.3 Å². The molecule has 1 atom stereocenters. The summed E-state index contributed by atoms with van der Waals surface area (Å²) >= 11 is 6.06. The van der Waals surface area contributed by atoms with E-state index in [1.807, 2.05) is 0 Å². The van der Waals surface area contributed by atoms with Crippen molar-refractivity contribution < 1.29 is 0 Å². The van der Waals surface area contributed by atoms with Gasteiger partial charge in [-0.2, -0.15) is 0 Å². The Morgan fingerprint density at radius 3 is 3.12 bits per heavy atom. The molecule has 17 heavy (non-hydrogen) atoms. The van der Waals surface area contributed by atoms with Gasteiger partial charge in [-0.3, -0.25) is 0 Å². The van der Waals surface area contributed by atoms with Crippen molar-refractivity contribution in [1.82, 2.24) is 9.88 Å². The number of anilines is 2. The zero-order chi connectivity index (χ0) is 12.3. The Morgan fingerprint density at radius 1 is 1.59 bits per heavy atom. The monoisotopic (exact) mass is 254 g/mol. The Bertz CT molecular complexity index is 383. The van der Waals surface area contributed by atoms with Crippen LogP contribution in [0.25, 0.3) is 0 Å². The molecule has 1 aromatic rings. The maximum atomic E-state index is 6.06. The second-order valence-corrected chi connectivity index (χ2v) is 5.02. The molecule has 94 valence electrons. The van der Waals surface area contributed by atoms with Crippen molar-refractivity contribution in [1.29, 1.82) is 0 Å². The Labute approximate surface area is 107 Å². The molecule has 0 amide bonds. The second kappa shape index (κ2) is 5.56. The van der Waals surface area contributed by atoms with Crippen molar-refractivity contribution >= 4 is 23.1 Å². The molecule has 1 fully saturated rings. The van der Waals surface area contributed by atoms with Gasteiger partial charge in [0, 0.05) is 12.6 Å². The number of piperidine rings is 1. The zero-order valence-electron chi connectivity index (χ0n) is 10.1. The number of halogens is 1. The Kier molecular flexibility index (Phi) is 4.07. The van der Waals surface area contributed by atoms with E-state index in [1.54, 1.807) is 12.3 Å². The first-order chi connectivity index (χ1) is 8.16. The Balaban J connectivity index is 1.92. The summed E-state index contributed by atoms with van der Waals surface area (Å²) in [5.41, 5.74) is 6.20. The molecule has 1 aliphatic rings. The van der Waals surface area contributed by atoms with E-state index >= 15 is 0 Å². The summed E-state index contributed by atoms with van der Waals surface area (Å²) in [5.74, 6) is 0.722. The number of aromatic nitrogens is 1. The summed E-state index contributed by atoms with van der Waals surface area (Å²) in [6.45, 7) is 2.06. The van der Waals surface area contributed by atoms with Gasteiger partial charge in [0.05, 0.1) is 16.9 Å². The van der Waals surface area contributed by atoms with Crippen LogP contribution in [0.3, 0.4) is 0 Å². The van der Waals surface area contributed by atoms with Crippen molar-refractivity contribution in [2.24, 2.45) is 0 Å². The number of hydrogen-bond donors (Lipinski definition) is 2. The minimum Gasteiger partial charge on any atom is -0.397 e. The Morgan fingerprint density at radius 2 is 2.41 bits per heavy atom. The molecule has 2 rings (SSSR count).